The van der Waals surface area contributed by atoms with Gasteiger partial charge in [-0.05, 0) is 36.8 Å². The normalized spacial score (nSPS) is 15.3. The number of hydrogen-bond acceptors (Lipinski definition) is 7. The average molecular weight is 502 g/mol. The number of hydrogen-bond donors (Lipinski definition) is 3. The van der Waals surface area contributed by atoms with Gasteiger partial charge in [0.25, 0.3) is 5.91 Å². The molecule has 0 unspecified atom stereocenters. The highest BCUT2D eigenvalue weighted by molar-refractivity contribution is 7.90. The number of nitrogens with zero attached hydrogens (tertiary/aromatic N) is 4. The zero-order valence-electron chi connectivity index (χ0n) is 18.7. The molecule has 186 valence electrons. The Morgan fingerprint density at radius 1 is 1.15 bits per heavy atom. The molecule has 1 aliphatic rings. The van der Waals surface area contributed by atoms with Gasteiger partial charge in [0.2, 0.25) is 0 Å². The lowest BCUT2D eigenvalue weighted by atomic mass is 10.2. The Kier molecular flexibility index (Phi) is 7.94. The second-order valence-electron chi connectivity index (χ2n) is 7.73. The Morgan fingerprint density at radius 3 is 2.47 bits per heavy atom. The van der Waals surface area contributed by atoms with Gasteiger partial charge < -0.3 is 10.2 Å². The fourth-order valence-electron chi connectivity index (χ4n) is 3.53. The molecular weight excluding hydrogens is 475 g/mol. The van der Waals surface area contributed by atoms with Gasteiger partial charge in [-0.3, -0.25) is 14.4 Å². The Bertz CT molecular complexity index is 1120. The molecule has 0 radical (unpaired) electrons. The minimum Gasteiger partial charge on any atom is -0.368 e. The Labute approximate surface area is 195 Å². The molecule has 10 nitrogen and oxygen atoms in total. The third-order valence-corrected chi connectivity index (χ3v) is 6.16. The highest BCUT2D eigenvalue weighted by Crippen LogP contribution is 2.21. The van der Waals surface area contributed by atoms with E-state index >= 15 is 0 Å². The monoisotopic (exact) mass is 501 g/mol. The van der Waals surface area contributed by atoms with Crippen LogP contribution in [0, 0.1) is 6.92 Å². The van der Waals surface area contributed by atoms with Crippen LogP contribution in [0.15, 0.2) is 30.5 Å². The van der Waals surface area contributed by atoms with Gasteiger partial charge >= 0.3 is 16.4 Å². The summed E-state index contributed by atoms with van der Waals surface area (Å²) in [5.74, 6) is -0.307. The van der Waals surface area contributed by atoms with Crippen molar-refractivity contribution in [1.29, 1.82) is 0 Å². The van der Waals surface area contributed by atoms with E-state index < -0.39 is 22.9 Å². The molecule has 0 aliphatic carbocycles. The number of halogens is 3. The molecule has 0 atom stereocenters. The van der Waals surface area contributed by atoms with Crippen molar-refractivity contribution in [2.45, 2.75) is 19.6 Å². The molecule has 1 fully saturated rings. The van der Waals surface area contributed by atoms with E-state index in [1.165, 1.54) is 17.0 Å². The van der Waals surface area contributed by atoms with Gasteiger partial charge in [0.15, 0.2) is 0 Å². The van der Waals surface area contributed by atoms with E-state index in [-0.39, 0.29) is 11.7 Å². The van der Waals surface area contributed by atoms with Crippen LogP contribution < -0.4 is 19.7 Å². The summed E-state index contributed by atoms with van der Waals surface area (Å²) in [6.45, 7) is 3.63. The first kappa shape index (κ1) is 25.6. The first-order valence-corrected chi connectivity index (χ1v) is 11.9. The summed E-state index contributed by atoms with van der Waals surface area (Å²) in [5, 5.41) is 2.55. The average Bonchev–Trinajstić information content (AvgIpc) is 2.77. The van der Waals surface area contributed by atoms with Crippen LogP contribution in [0.1, 0.15) is 21.7 Å². The summed E-state index contributed by atoms with van der Waals surface area (Å²) in [7, 11) is -2.85. The molecule has 0 aromatic carbocycles. The van der Waals surface area contributed by atoms with E-state index in [9.17, 15) is 26.4 Å². The zero-order valence-corrected chi connectivity index (χ0v) is 19.5. The van der Waals surface area contributed by atoms with Gasteiger partial charge in [-0.15, -0.1) is 0 Å². The van der Waals surface area contributed by atoms with Crippen LogP contribution in [0.3, 0.4) is 0 Å². The molecule has 3 rings (SSSR count). The number of aryl methyl sites for hydroxylation is 1. The summed E-state index contributed by atoms with van der Waals surface area (Å²) in [6, 6.07) is 6.79. The number of alkyl halides is 3. The summed E-state index contributed by atoms with van der Waals surface area (Å²) in [4.78, 5) is 24.4. The topological polar surface area (TPSA) is 120 Å². The molecule has 0 spiro atoms. The molecule has 2 aromatic rings. The van der Waals surface area contributed by atoms with Crippen molar-refractivity contribution in [2.75, 3.05) is 49.4 Å². The lowest BCUT2D eigenvalue weighted by Crippen LogP contribution is -2.46. The summed E-state index contributed by atoms with van der Waals surface area (Å²) < 4.78 is 63.9. The number of piperazine rings is 1. The second kappa shape index (κ2) is 10.5. The van der Waals surface area contributed by atoms with Crippen LogP contribution in [-0.2, 0) is 16.8 Å². The molecule has 0 bridgehead atoms. The Balaban J connectivity index is 1.56. The number of pyridine rings is 2. The van der Waals surface area contributed by atoms with Crippen LogP contribution >= 0.6 is 0 Å². The first-order chi connectivity index (χ1) is 16.0. The maximum absolute atomic E-state index is 12.3. The first-order valence-electron chi connectivity index (χ1n) is 10.4. The molecule has 34 heavy (non-hydrogen) atoms. The third-order valence-electron chi connectivity index (χ3n) is 5.16. The maximum Gasteiger partial charge on any atom is 0.402 e. The number of carbonyl (C=O) groups is 1. The van der Waals surface area contributed by atoms with Gasteiger partial charge in [-0.25, -0.2) is 9.97 Å². The molecule has 2 aromatic heterocycles. The van der Waals surface area contributed by atoms with Crippen molar-refractivity contribution in [3.05, 3.63) is 47.4 Å². The van der Waals surface area contributed by atoms with Crippen LogP contribution in [0.5, 0.6) is 0 Å². The highest BCUT2D eigenvalue weighted by Gasteiger charge is 2.29. The molecule has 0 saturated carbocycles. The molecule has 1 saturated heterocycles. The lowest BCUT2D eigenvalue weighted by molar-refractivity contribution is -0.121. The number of rotatable bonds is 8. The van der Waals surface area contributed by atoms with Crippen molar-refractivity contribution in [2.24, 2.45) is 0 Å². The van der Waals surface area contributed by atoms with Crippen molar-refractivity contribution in [3.8, 4) is 0 Å². The van der Waals surface area contributed by atoms with Crippen LogP contribution in [0.2, 0.25) is 0 Å². The highest BCUT2D eigenvalue weighted by atomic mass is 32.2. The molecule has 1 aliphatic heterocycles. The summed E-state index contributed by atoms with van der Waals surface area (Å²) >= 11 is 0. The van der Waals surface area contributed by atoms with Gasteiger partial charge in [-0.2, -0.15) is 26.3 Å². The van der Waals surface area contributed by atoms with Gasteiger partial charge in [0, 0.05) is 46.0 Å². The smallest absolute Gasteiger partial charge is 0.368 e. The quantitative estimate of drug-likeness (QED) is 0.499. The summed E-state index contributed by atoms with van der Waals surface area (Å²) in [6.07, 6.45) is -3.26. The number of nitrogens with one attached hydrogen (secondary N) is 3. The van der Waals surface area contributed by atoms with Crippen LogP contribution in [-0.4, -0.2) is 75.1 Å². The predicted molar refractivity (Wildman–Crippen MR) is 121 cm³/mol. The number of carbonyl (C=O) groups excluding carboxylic acids is 1. The molecule has 3 heterocycles. The Morgan fingerprint density at radius 2 is 1.85 bits per heavy atom. The molecule has 1 amide bonds. The number of amides is 1. The van der Waals surface area contributed by atoms with E-state index in [2.05, 4.69) is 25.1 Å². The van der Waals surface area contributed by atoms with E-state index in [1.807, 2.05) is 17.7 Å². The predicted octanol–water partition coefficient (Wildman–Crippen LogP) is 1.28. The number of anilines is 2. The van der Waals surface area contributed by atoms with E-state index in [4.69, 9.17) is 0 Å². The van der Waals surface area contributed by atoms with Gasteiger partial charge in [-0.1, -0.05) is 0 Å². The lowest BCUT2D eigenvalue weighted by Gasteiger charge is -2.36. The number of aromatic nitrogens is 2. The standard InChI is InChI=1S/C20H26F3N7O3S/c1-14-17(4-3-16(27-14)19(31)24-2)30-9-7-29(8-10-30)12-15-5-6-25-18(11-15)28-34(32,33)26-13-20(21,22)23/h3-6,11,26H,7-10,12-13H2,1-2H3,(H,24,31)(H,25,28). The maximum atomic E-state index is 12.3. The minimum atomic E-state index is -4.66. The fraction of sp³-hybridized carbons (Fsp3) is 0.450. The van der Waals surface area contributed by atoms with Crippen molar-refractivity contribution < 1.29 is 26.4 Å². The minimum absolute atomic E-state index is 0.0660. The Hall–Kier alpha value is -2.97. The fourth-order valence-corrected chi connectivity index (χ4v) is 4.34. The SMILES string of the molecule is CNC(=O)c1ccc(N2CCN(Cc3ccnc(NS(=O)(=O)NCC(F)(F)F)c3)CC2)c(C)n1. The van der Waals surface area contributed by atoms with Crippen molar-refractivity contribution >= 4 is 27.6 Å². The van der Waals surface area contributed by atoms with Crippen LogP contribution in [0.4, 0.5) is 24.7 Å². The van der Waals surface area contributed by atoms with E-state index in [0.29, 0.717) is 12.2 Å². The van der Waals surface area contributed by atoms with Crippen molar-refractivity contribution in [3.63, 3.8) is 0 Å². The van der Waals surface area contributed by atoms with E-state index in [1.54, 1.807) is 19.2 Å². The third kappa shape index (κ3) is 7.27. The molecule has 14 heteroatoms. The van der Waals surface area contributed by atoms with Crippen LogP contribution in [0.25, 0.3) is 0 Å². The largest absolute Gasteiger partial charge is 0.402 e. The van der Waals surface area contributed by atoms with Crippen molar-refractivity contribution in [1.82, 2.24) is 24.9 Å². The van der Waals surface area contributed by atoms with E-state index in [0.717, 1.165) is 43.1 Å². The summed E-state index contributed by atoms with van der Waals surface area (Å²) in [5.41, 5.74) is 2.85. The van der Waals surface area contributed by atoms with Gasteiger partial charge in [0.1, 0.15) is 18.1 Å². The zero-order chi connectivity index (χ0) is 24.9. The molecular formula is C20H26F3N7O3S. The second-order valence-corrected chi connectivity index (χ2v) is 9.23. The van der Waals surface area contributed by atoms with Gasteiger partial charge in [0.05, 0.1) is 11.4 Å². The molecule has 3 N–H and O–H groups in total.